The Bertz CT molecular complexity index is 1810. The highest BCUT2D eigenvalue weighted by atomic mass is 32.2. The van der Waals surface area contributed by atoms with Crippen molar-refractivity contribution in [2.75, 3.05) is 59.2 Å². The van der Waals surface area contributed by atoms with E-state index in [0.717, 1.165) is 18.4 Å². The molecule has 3 heterocycles. The van der Waals surface area contributed by atoms with Gasteiger partial charge in [0.05, 0.1) is 12.7 Å². The van der Waals surface area contributed by atoms with Crippen LogP contribution in [0.25, 0.3) is 0 Å². The highest BCUT2D eigenvalue weighted by molar-refractivity contribution is 7.89. The molecular weight excluding hydrogens is 726 g/mol. The molecule has 4 N–H and O–H groups in total. The van der Waals surface area contributed by atoms with Crippen LogP contribution in [0.1, 0.15) is 24.0 Å². The second-order valence-corrected chi connectivity index (χ2v) is 13.5. The maximum atomic E-state index is 13.0. The van der Waals surface area contributed by atoms with Crippen LogP contribution in [0, 0.1) is 0 Å². The molecule has 2 aliphatic heterocycles. The summed E-state index contributed by atoms with van der Waals surface area (Å²) in [7, 11) is -3.64. The van der Waals surface area contributed by atoms with Crippen molar-refractivity contribution in [3.8, 4) is 0 Å². The van der Waals surface area contributed by atoms with Crippen LogP contribution in [-0.4, -0.2) is 135 Å². The molecule has 53 heavy (non-hydrogen) atoms. The molecule has 2 saturated heterocycles. The molecule has 0 spiro atoms. The number of ether oxygens (including phenoxy) is 4. The van der Waals surface area contributed by atoms with Gasteiger partial charge in [-0.2, -0.15) is 9.40 Å². The van der Waals surface area contributed by atoms with Crippen molar-refractivity contribution in [1.29, 1.82) is 0 Å². The number of nitrogens with zero attached hydrogens (tertiary/aromatic N) is 3. The van der Waals surface area contributed by atoms with Crippen LogP contribution in [0.5, 0.6) is 0 Å². The number of benzene rings is 1. The third kappa shape index (κ3) is 13.0. The van der Waals surface area contributed by atoms with Crippen LogP contribution in [0.2, 0.25) is 0 Å². The third-order valence-electron chi connectivity index (χ3n) is 7.47. The van der Waals surface area contributed by atoms with Gasteiger partial charge < -0.3 is 40.2 Å². The lowest BCUT2D eigenvalue weighted by molar-refractivity contribution is -0.154. The zero-order chi connectivity index (χ0) is 38.4. The summed E-state index contributed by atoms with van der Waals surface area (Å²) in [5.41, 5.74) is 1.26. The molecule has 21 nitrogen and oxygen atoms in total. The number of rotatable bonds is 6. The van der Waals surface area contributed by atoms with Crippen LogP contribution in [-0.2, 0) is 80.3 Å². The first kappa shape index (κ1) is 39.9. The minimum absolute atomic E-state index is 0.0873. The molecule has 2 fully saturated rings. The van der Waals surface area contributed by atoms with Gasteiger partial charge in [-0.1, -0.05) is 24.3 Å². The van der Waals surface area contributed by atoms with Gasteiger partial charge in [0.1, 0.15) is 30.6 Å². The van der Waals surface area contributed by atoms with Crippen LogP contribution >= 0.6 is 0 Å². The van der Waals surface area contributed by atoms with Crippen molar-refractivity contribution < 1.29 is 65.7 Å². The molecule has 1 aromatic carbocycles. The summed E-state index contributed by atoms with van der Waals surface area (Å²) in [6, 6.07) is 5.29. The van der Waals surface area contributed by atoms with E-state index in [2.05, 4.69) is 35.8 Å². The molecule has 22 heteroatoms. The van der Waals surface area contributed by atoms with Crippen LogP contribution in [0.3, 0.4) is 0 Å². The highest BCUT2D eigenvalue weighted by Crippen LogP contribution is 2.20. The van der Waals surface area contributed by atoms with Crippen molar-refractivity contribution in [2.45, 2.75) is 36.7 Å². The molecule has 0 saturated carbocycles. The summed E-state index contributed by atoms with van der Waals surface area (Å²) in [6.07, 6.45) is 4.19. The minimum Gasteiger partial charge on any atom is -0.454 e. The maximum Gasteiger partial charge on any atom is 0.329 e. The fraction of sp³-hybridized carbons (Fsp3) is 0.452. The normalized spacial score (nSPS) is 20.0. The van der Waals surface area contributed by atoms with Gasteiger partial charge in [0.2, 0.25) is 10.0 Å². The average Bonchev–Trinajstić information content (AvgIpc) is 3.86. The summed E-state index contributed by atoms with van der Waals surface area (Å²) in [4.78, 5) is 97.4. The topological polar surface area (TPSA) is 277 Å². The quantitative estimate of drug-likeness (QED) is 0.163. The molecule has 0 aliphatic carbocycles. The number of hydrogen-bond donors (Lipinski definition) is 4. The first-order valence-corrected chi connectivity index (χ1v) is 17.6. The molecule has 4 amide bonds. The Balaban J connectivity index is 1.39. The Morgan fingerprint density at radius 3 is 1.66 bits per heavy atom. The Kier molecular flexibility index (Phi) is 14.4. The van der Waals surface area contributed by atoms with E-state index >= 15 is 0 Å². The molecule has 286 valence electrons. The van der Waals surface area contributed by atoms with Crippen molar-refractivity contribution in [1.82, 2.24) is 35.4 Å². The van der Waals surface area contributed by atoms with Gasteiger partial charge in [0.15, 0.2) is 26.4 Å². The Morgan fingerprint density at radius 2 is 1.13 bits per heavy atom. The van der Waals surface area contributed by atoms with E-state index in [1.165, 1.54) is 21.4 Å². The van der Waals surface area contributed by atoms with Crippen LogP contribution in [0.4, 0.5) is 0 Å². The van der Waals surface area contributed by atoms with E-state index in [1.807, 2.05) is 0 Å². The van der Waals surface area contributed by atoms with Gasteiger partial charge in [-0.3, -0.25) is 38.2 Å². The number of hydrogen-bond acceptors (Lipinski definition) is 15. The highest BCUT2D eigenvalue weighted by Gasteiger charge is 2.29. The van der Waals surface area contributed by atoms with E-state index < -0.39 is 110 Å². The second kappa shape index (κ2) is 19.1. The fourth-order valence-corrected chi connectivity index (χ4v) is 6.24. The van der Waals surface area contributed by atoms with E-state index in [1.54, 1.807) is 24.3 Å². The lowest BCUT2D eigenvalue weighted by Crippen LogP contribution is -2.46. The molecule has 2 aromatic rings. The number of carbonyl (C=O) groups is 8. The third-order valence-corrected chi connectivity index (χ3v) is 9.32. The number of nitrogens with one attached hydrogen (secondary N) is 4. The number of esters is 4. The summed E-state index contributed by atoms with van der Waals surface area (Å²) in [5.74, 6) is -7.78. The van der Waals surface area contributed by atoms with Crippen molar-refractivity contribution >= 4 is 57.5 Å². The zero-order valence-corrected chi connectivity index (χ0v) is 29.0. The number of carbonyl (C=O) groups excluding carboxylic acids is 8. The predicted octanol–water partition coefficient (Wildman–Crippen LogP) is -3.72. The molecule has 0 radical (unpaired) electrons. The lowest BCUT2D eigenvalue weighted by atomic mass is 10.0. The Morgan fingerprint density at radius 1 is 0.660 bits per heavy atom. The SMILES string of the molecule is O=C1COC(=O)CNC(=O)COC(=O)C(Cc2ccc(Cn3cc(S(=O)(=O)N4CCCC4)cn3)cc2)NC(=O)COC(=O)CNC(=O)COC(=O)CN1. The molecule has 2 aliphatic rings. The van der Waals surface area contributed by atoms with Gasteiger partial charge in [-0.15, -0.1) is 0 Å². The summed E-state index contributed by atoms with van der Waals surface area (Å²) >= 11 is 0. The van der Waals surface area contributed by atoms with Crippen molar-refractivity contribution in [2.24, 2.45) is 0 Å². The summed E-state index contributed by atoms with van der Waals surface area (Å²) < 4.78 is 47.8. The molecule has 1 atom stereocenters. The number of aromatic nitrogens is 2. The fourth-order valence-electron chi connectivity index (χ4n) is 4.77. The van der Waals surface area contributed by atoms with Crippen molar-refractivity contribution in [3.63, 3.8) is 0 Å². The minimum atomic E-state index is -3.64. The Labute approximate surface area is 302 Å². The number of amides is 4. The number of cyclic esters (lactones) is 4. The zero-order valence-electron chi connectivity index (χ0n) is 28.2. The van der Waals surface area contributed by atoms with Crippen LogP contribution in [0.15, 0.2) is 41.6 Å². The molecule has 1 aromatic heterocycles. The van der Waals surface area contributed by atoms with Gasteiger partial charge in [0, 0.05) is 25.7 Å². The van der Waals surface area contributed by atoms with Gasteiger partial charge in [0.25, 0.3) is 23.6 Å². The maximum absolute atomic E-state index is 13.0. The summed E-state index contributed by atoms with van der Waals surface area (Å²) in [6.45, 7) is -4.28. The van der Waals surface area contributed by atoms with E-state index in [0.29, 0.717) is 18.7 Å². The molecule has 0 bridgehead atoms. The smallest absolute Gasteiger partial charge is 0.329 e. The summed E-state index contributed by atoms with van der Waals surface area (Å²) in [5, 5.41) is 12.9. The Hall–Kier alpha value is -5.90. The van der Waals surface area contributed by atoms with Crippen molar-refractivity contribution in [3.05, 3.63) is 47.8 Å². The van der Waals surface area contributed by atoms with Gasteiger partial charge in [-0.05, 0) is 24.0 Å². The second-order valence-electron chi connectivity index (χ2n) is 11.5. The monoisotopic (exact) mass is 763 g/mol. The lowest BCUT2D eigenvalue weighted by Gasteiger charge is -2.18. The van der Waals surface area contributed by atoms with E-state index in [-0.39, 0.29) is 17.9 Å². The average molecular weight is 764 g/mol. The van der Waals surface area contributed by atoms with Crippen LogP contribution < -0.4 is 21.3 Å². The van der Waals surface area contributed by atoms with Gasteiger partial charge in [-0.25, -0.2) is 13.2 Å². The number of sulfonamides is 1. The molecular formula is C31H37N7O14S. The molecule has 4 rings (SSSR count). The molecule has 1 unspecified atom stereocenters. The standard InChI is InChI=1S/C31H37N7O14S/c39-24-16-50-29(44)12-34-26(41)18-52-31(46)23(36-27(42)19-51-30(45)13-33-25(40)17-49-28(43)11-32-24)9-20-3-5-21(6-4-20)14-37-15-22(10-35-37)53(47,48)38-7-1-2-8-38/h3-6,10,15,23H,1-2,7-9,11-14,16-19H2,(H,32,39)(H,33,40)(H,34,41)(H,36,42). The predicted molar refractivity (Wildman–Crippen MR) is 174 cm³/mol. The van der Waals surface area contributed by atoms with E-state index in [9.17, 15) is 46.8 Å². The largest absolute Gasteiger partial charge is 0.454 e. The van der Waals surface area contributed by atoms with E-state index in [4.69, 9.17) is 9.47 Å². The van der Waals surface area contributed by atoms with Gasteiger partial charge >= 0.3 is 23.9 Å². The first-order chi connectivity index (χ1) is 25.3. The first-order valence-electron chi connectivity index (χ1n) is 16.1.